The van der Waals surface area contributed by atoms with Gasteiger partial charge in [0.2, 0.25) is 5.95 Å². The first-order valence-electron chi connectivity index (χ1n) is 6.07. The third kappa shape index (κ3) is 2.00. The van der Waals surface area contributed by atoms with E-state index in [1.54, 1.807) is 6.20 Å². The lowest BCUT2D eigenvalue weighted by atomic mass is 10.1. The van der Waals surface area contributed by atoms with Gasteiger partial charge in [-0.3, -0.25) is 0 Å². The molecule has 96 valence electrons. The minimum Gasteiger partial charge on any atom is -0.368 e. The highest BCUT2D eigenvalue weighted by Gasteiger charge is 2.12. The molecule has 2 heterocycles. The van der Waals surface area contributed by atoms with Crippen LogP contribution in [0.5, 0.6) is 0 Å². The fourth-order valence-electron chi connectivity index (χ4n) is 2.29. The monoisotopic (exact) mass is 316 g/mol. The summed E-state index contributed by atoms with van der Waals surface area (Å²) in [6.07, 6.45) is 3.79. The second kappa shape index (κ2) is 4.66. The van der Waals surface area contributed by atoms with Gasteiger partial charge in [-0.05, 0) is 35.0 Å². The number of nitrogens with zero attached hydrogens (tertiary/aromatic N) is 3. The highest BCUT2D eigenvalue weighted by atomic mass is 79.9. The van der Waals surface area contributed by atoms with Gasteiger partial charge < -0.3 is 10.3 Å². The number of aryl methyl sites for hydroxylation is 1. The summed E-state index contributed by atoms with van der Waals surface area (Å²) in [4.78, 5) is 8.25. The van der Waals surface area contributed by atoms with Gasteiger partial charge in [0.05, 0.1) is 11.2 Å². The molecule has 0 amide bonds. The molecule has 0 aliphatic heterocycles. The predicted octanol–water partition coefficient (Wildman–Crippen LogP) is 3.46. The number of anilines is 1. The van der Waals surface area contributed by atoms with Gasteiger partial charge in [0, 0.05) is 34.4 Å². The number of rotatable bonds is 2. The number of fused-ring (bicyclic) bond motifs is 1. The molecule has 0 fully saturated rings. The maximum atomic E-state index is 5.67. The Labute approximate surface area is 119 Å². The normalized spacial score (nSPS) is 11.1. The number of hydrogen-bond acceptors (Lipinski definition) is 3. The summed E-state index contributed by atoms with van der Waals surface area (Å²) in [6, 6.07) is 8.05. The Bertz CT molecular complexity index is 748. The van der Waals surface area contributed by atoms with Crippen LogP contribution < -0.4 is 5.73 Å². The van der Waals surface area contributed by atoms with Crippen molar-refractivity contribution in [2.45, 2.75) is 13.5 Å². The van der Waals surface area contributed by atoms with Crippen molar-refractivity contribution < 1.29 is 0 Å². The van der Waals surface area contributed by atoms with E-state index in [4.69, 9.17) is 5.73 Å². The molecule has 0 saturated heterocycles. The molecule has 0 aliphatic carbocycles. The number of benzene rings is 1. The third-order valence-electron chi connectivity index (χ3n) is 3.14. The van der Waals surface area contributed by atoms with Crippen LogP contribution in [0.1, 0.15) is 6.92 Å². The van der Waals surface area contributed by atoms with Gasteiger partial charge in [0.15, 0.2) is 0 Å². The molecule has 2 N–H and O–H groups in total. The summed E-state index contributed by atoms with van der Waals surface area (Å²) < 4.78 is 3.28. The van der Waals surface area contributed by atoms with Gasteiger partial charge in [-0.2, -0.15) is 0 Å². The predicted molar refractivity (Wildman–Crippen MR) is 80.8 cm³/mol. The summed E-state index contributed by atoms with van der Waals surface area (Å²) in [5, 5.41) is 1.16. The Morgan fingerprint density at radius 2 is 2.16 bits per heavy atom. The molecule has 0 radical (unpaired) electrons. The van der Waals surface area contributed by atoms with E-state index in [9.17, 15) is 0 Å². The molecule has 0 atom stereocenters. The average Bonchev–Trinajstić information content (AvgIpc) is 2.79. The Kier molecular flexibility index (Phi) is 2.98. The summed E-state index contributed by atoms with van der Waals surface area (Å²) >= 11 is 3.61. The van der Waals surface area contributed by atoms with Crippen molar-refractivity contribution >= 4 is 32.8 Å². The number of nitrogens with two attached hydrogens (primary N) is 1. The number of halogens is 1. The zero-order valence-corrected chi connectivity index (χ0v) is 12.1. The van der Waals surface area contributed by atoms with Gasteiger partial charge in [-0.15, -0.1) is 0 Å². The van der Waals surface area contributed by atoms with Crippen LogP contribution in [0.4, 0.5) is 5.95 Å². The minimum atomic E-state index is 0.296. The van der Waals surface area contributed by atoms with Crippen LogP contribution in [-0.4, -0.2) is 14.5 Å². The fourth-order valence-corrected chi connectivity index (χ4v) is 2.89. The number of aromatic nitrogens is 3. The second-order valence-electron chi connectivity index (χ2n) is 4.26. The maximum absolute atomic E-state index is 5.67. The molecule has 3 aromatic rings. The molecule has 5 heteroatoms. The zero-order valence-electron chi connectivity index (χ0n) is 10.5. The highest BCUT2D eigenvalue weighted by molar-refractivity contribution is 9.10. The molecule has 19 heavy (non-hydrogen) atoms. The van der Waals surface area contributed by atoms with Gasteiger partial charge in [-0.1, -0.05) is 12.1 Å². The van der Waals surface area contributed by atoms with Crippen molar-refractivity contribution in [1.82, 2.24) is 14.5 Å². The van der Waals surface area contributed by atoms with Gasteiger partial charge in [-0.25, -0.2) is 9.97 Å². The molecule has 1 aromatic carbocycles. The van der Waals surface area contributed by atoms with E-state index >= 15 is 0 Å². The van der Waals surface area contributed by atoms with E-state index in [1.165, 1.54) is 5.52 Å². The van der Waals surface area contributed by atoms with E-state index in [0.29, 0.717) is 5.95 Å². The lowest BCUT2D eigenvalue weighted by molar-refractivity contribution is 0.797. The molecular weight excluding hydrogens is 304 g/mol. The molecular formula is C14H13BrN4. The van der Waals surface area contributed by atoms with Gasteiger partial charge >= 0.3 is 0 Å². The summed E-state index contributed by atoms with van der Waals surface area (Å²) in [6.45, 7) is 3.02. The SMILES string of the molecule is CCn1cc(-c2ccnc(N)n2)c2cccc(Br)c21. The van der Waals surface area contributed by atoms with Crippen molar-refractivity contribution in [1.29, 1.82) is 0 Å². The average molecular weight is 317 g/mol. The lowest BCUT2D eigenvalue weighted by Gasteiger charge is -2.01. The molecule has 0 saturated carbocycles. The fraction of sp³-hybridized carbons (Fsp3) is 0.143. The third-order valence-corrected chi connectivity index (χ3v) is 3.78. The largest absolute Gasteiger partial charge is 0.368 e. The molecule has 0 spiro atoms. The number of para-hydroxylation sites is 1. The van der Waals surface area contributed by atoms with Crippen molar-refractivity contribution in [3.63, 3.8) is 0 Å². The first kappa shape index (κ1) is 12.2. The summed E-state index contributed by atoms with van der Waals surface area (Å²) in [7, 11) is 0. The van der Waals surface area contributed by atoms with Gasteiger partial charge in [0.25, 0.3) is 0 Å². The van der Waals surface area contributed by atoms with E-state index in [2.05, 4.69) is 49.7 Å². The van der Waals surface area contributed by atoms with E-state index in [1.807, 2.05) is 18.2 Å². The van der Waals surface area contributed by atoms with Crippen molar-refractivity contribution in [3.8, 4) is 11.3 Å². The van der Waals surface area contributed by atoms with Crippen molar-refractivity contribution in [2.24, 2.45) is 0 Å². The van der Waals surface area contributed by atoms with Crippen LogP contribution in [0.2, 0.25) is 0 Å². The molecule has 0 unspecified atom stereocenters. The number of hydrogen-bond donors (Lipinski definition) is 1. The molecule has 0 aliphatic rings. The Morgan fingerprint density at radius 3 is 2.89 bits per heavy atom. The van der Waals surface area contributed by atoms with E-state index in [0.717, 1.165) is 27.7 Å². The first-order valence-corrected chi connectivity index (χ1v) is 6.86. The smallest absolute Gasteiger partial charge is 0.220 e. The Hall–Kier alpha value is -1.88. The minimum absolute atomic E-state index is 0.296. The topological polar surface area (TPSA) is 56.7 Å². The summed E-state index contributed by atoms with van der Waals surface area (Å²) in [5.74, 6) is 0.296. The Morgan fingerprint density at radius 1 is 1.32 bits per heavy atom. The van der Waals surface area contributed by atoms with Gasteiger partial charge in [0.1, 0.15) is 0 Å². The van der Waals surface area contributed by atoms with Crippen LogP contribution in [0.3, 0.4) is 0 Å². The first-order chi connectivity index (χ1) is 9.20. The van der Waals surface area contributed by atoms with Crippen LogP contribution in [0, 0.1) is 0 Å². The quantitative estimate of drug-likeness (QED) is 0.787. The standard InChI is InChI=1S/C14H13BrN4/c1-2-19-8-10(12-6-7-17-14(16)18-12)9-4-3-5-11(15)13(9)19/h3-8H,2H2,1H3,(H2,16,17,18). The second-order valence-corrected chi connectivity index (χ2v) is 5.12. The van der Waals surface area contributed by atoms with E-state index in [-0.39, 0.29) is 0 Å². The lowest BCUT2D eigenvalue weighted by Crippen LogP contribution is -1.94. The van der Waals surface area contributed by atoms with Crippen LogP contribution in [0.25, 0.3) is 22.2 Å². The van der Waals surface area contributed by atoms with Crippen molar-refractivity contribution in [2.75, 3.05) is 5.73 Å². The summed E-state index contributed by atoms with van der Waals surface area (Å²) in [5.41, 5.74) is 8.77. The molecule has 4 nitrogen and oxygen atoms in total. The van der Waals surface area contributed by atoms with Crippen LogP contribution in [-0.2, 0) is 6.54 Å². The zero-order chi connectivity index (χ0) is 13.4. The maximum Gasteiger partial charge on any atom is 0.220 e. The van der Waals surface area contributed by atoms with Crippen LogP contribution in [0.15, 0.2) is 41.1 Å². The number of nitrogen functional groups attached to an aromatic ring is 1. The molecule has 2 aromatic heterocycles. The molecule has 0 bridgehead atoms. The van der Waals surface area contributed by atoms with Crippen molar-refractivity contribution in [3.05, 3.63) is 41.1 Å². The molecule has 3 rings (SSSR count). The highest BCUT2D eigenvalue weighted by Crippen LogP contribution is 2.33. The van der Waals surface area contributed by atoms with Crippen LogP contribution >= 0.6 is 15.9 Å². The Balaban J connectivity index is 2.33. The van der Waals surface area contributed by atoms with E-state index < -0.39 is 0 Å².